The van der Waals surface area contributed by atoms with Crippen molar-refractivity contribution >= 4 is 15.9 Å². The van der Waals surface area contributed by atoms with E-state index >= 15 is 0 Å². The molecule has 1 atom stereocenters. The highest BCUT2D eigenvalue weighted by Crippen LogP contribution is 2.23. The summed E-state index contributed by atoms with van der Waals surface area (Å²) in [5, 5.41) is 9.25. The summed E-state index contributed by atoms with van der Waals surface area (Å²) in [5.74, 6) is 0.457. The van der Waals surface area contributed by atoms with Gasteiger partial charge in [0.25, 0.3) is 10.0 Å². The lowest BCUT2D eigenvalue weighted by molar-refractivity contribution is 0.240. The van der Waals surface area contributed by atoms with E-state index in [-0.39, 0.29) is 23.5 Å². The molecule has 1 unspecified atom stereocenters. The summed E-state index contributed by atoms with van der Waals surface area (Å²) < 4.78 is 26.1. The van der Waals surface area contributed by atoms with Crippen LogP contribution in [-0.2, 0) is 10.0 Å². The molecule has 0 spiro atoms. The second-order valence-electron chi connectivity index (χ2n) is 4.57. The van der Waals surface area contributed by atoms with Crippen molar-refractivity contribution in [3.63, 3.8) is 0 Å². The van der Waals surface area contributed by atoms with Gasteiger partial charge in [-0.2, -0.15) is 0 Å². The lowest BCUT2D eigenvalue weighted by Crippen LogP contribution is -2.27. The largest absolute Gasteiger partial charge is 0.394 e. The van der Waals surface area contributed by atoms with Gasteiger partial charge in [0.1, 0.15) is 5.84 Å². The minimum absolute atomic E-state index is 0.106. The number of hydrogen-bond acceptors (Lipinski definition) is 4. The highest BCUT2D eigenvalue weighted by Gasteiger charge is 2.30. The van der Waals surface area contributed by atoms with Gasteiger partial charge in [0.15, 0.2) is 0 Å². The van der Waals surface area contributed by atoms with E-state index in [1.165, 1.54) is 0 Å². The first kappa shape index (κ1) is 13.0. The first-order chi connectivity index (χ1) is 8.45. The smallest absolute Gasteiger partial charge is 0.263 e. The quantitative estimate of drug-likeness (QED) is 0.848. The van der Waals surface area contributed by atoms with Crippen LogP contribution in [0, 0.1) is 5.92 Å². The Morgan fingerprint density at radius 1 is 1.33 bits per heavy atom. The molecule has 0 amide bonds. The van der Waals surface area contributed by atoms with Gasteiger partial charge in [0, 0.05) is 5.56 Å². The number of nitrogens with one attached hydrogen (secondary N) is 1. The molecule has 2 N–H and O–H groups in total. The van der Waals surface area contributed by atoms with Crippen LogP contribution in [0.4, 0.5) is 0 Å². The van der Waals surface area contributed by atoms with E-state index < -0.39 is 10.0 Å². The molecule has 1 heterocycles. The van der Waals surface area contributed by atoms with Crippen molar-refractivity contribution in [2.24, 2.45) is 10.9 Å². The fourth-order valence-electron chi connectivity index (χ4n) is 1.80. The molecule has 1 aromatic rings. The highest BCUT2D eigenvalue weighted by molar-refractivity contribution is 7.90. The zero-order valence-corrected chi connectivity index (χ0v) is 11.1. The van der Waals surface area contributed by atoms with Crippen LogP contribution in [0.5, 0.6) is 0 Å². The third-order valence-electron chi connectivity index (χ3n) is 2.91. The van der Waals surface area contributed by atoms with E-state index in [2.05, 4.69) is 9.71 Å². The van der Waals surface area contributed by atoms with Crippen molar-refractivity contribution in [1.29, 1.82) is 0 Å². The first-order valence-electron chi connectivity index (χ1n) is 5.76. The zero-order chi connectivity index (χ0) is 13.3. The van der Waals surface area contributed by atoms with E-state index in [1.54, 1.807) is 24.3 Å². The van der Waals surface area contributed by atoms with Gasteiger partial charge in [0.05, 0.1) is 17.5 Å². The van der Waals surface area contributed by atoms with E-state index in [4.69, 9.17) is 0 Å². The second-order valence-corrected chi connectivity index (χ2v) is 6.22. The standard InChI is InChI=1S/C12H16N2O3S/c1-8(2)10(7-15)13-12-9-5-3-4-6-11(9)18(16,17)14-12/h3-6,8,10,15H,7H2,1-2H3,(H,13,14). The number of amidine groups is 1. The maximum Gasteiger partial charge on any atom is 0.263 e. The van der Waals surface area contributed by atoms with Gasteiger partial charge in [-0.1, -0.05) is 26.0 Å². The number of aliphatic hydroxyl groups excluding tert-OH is 1. The van der Waals surface area contributed by atoms with Crippen molar-refractivity contribution in [2.75, 3.05) is 6.61 Å². The van der Waals surface area contributed by atoms with Crippen LogP contribution in [0.1, 0.15) is 19.4 Å². The molecule has 2 rings (SSSR count). The Balaban J connectivity index is 2.48. The average molecular weight is 268 g/mol. The molecular formula is C12H16N2O3S. The van der Waals surface area contributed by atoms with Gasteiger partial charge in [0.2, 0.25) is 0 Å². The SMILES string of the molecule is CC(C)C(CO)N=C1NS(=O)(=O)c2ccccc21. The number of fused-ring (bicyclic) bond motifs is 1. The monoisotopic (exact) mass is 268 g/mol. The molecule has 18 heavy (non-hydrogen) atoms. The number of aliphatic imine (C=N–C) groups is 1. The average Bonchev–Trinajstić information content (AvgIpc) is 2.58. The van der Waals surface area contributed by atoms with Crippen LogP contribution in [0.3, 0.4) is 0 Å². The Bertz CT molecular complexity index is 579. The second kappa shape index (κ2) is 4.70. The van der Waals surface area contributed by atoms with Crippen LogP contribution in [-0.4, -0.2) is 32.0 Å². The summed E-state index contributed by atoms with van der Waals surface area (Å²) in [7, 11) is -3.50. The van der Waals surface area contributed by atoms with Crippen LogP contribution in [0.15, 0.2) is 34.2 Å². The van der Waals surface area contributed by atoms with Crippen LogP contribution in [0.2, 0.25) is 0 Å². The van der Waals surface area contributed by atoms with Gasteiger partial charge in [-0.15, -0.1) is 0 Å². The molecular weight excluding hydrogens is 252 g/mol. The number of nitrogens with zero attached hydrogens (tertiary/aromatic N) is 1. The van der Waals surface area contributed by atoms with Crippen LogP contribution < -0.4 is 4.72 Å². The van der Waals surface area contributed by atoms with E-state index in [1.807, 2.05) is 13.8 Å². The number of sulfonamides is 1. The molecule has 0 saturated carbocycles. The number of hydrogen-bond donors (Lipinski definition) is 2. The molecule has 0 saturated heterocycles. The molecule has 0 aromatic heterocycles. The summed E-state index contributed by atoms with van der Waals surface area (Å²) in [6, 6.07) is 6.38. The lowest BCUT2D eigenvalue weighted by atomic mass is 10.1. The van der Waals surface area contributed by atoms with E-state index in [0.717, 1.165) is 0 Å². The predicted octanol–water partition coefficient (Wildman–Crippen LogP) is 0.742. The van der Waals surface area contributed by atoms with Gasteiger partial charge in [-0.05, 0) is 18.1 Å². The van der Waals surface area contributed by atoms with E-state index in [0.29, 0.717) is 11.4 Å². The minimum atomic E-state index is -3.50. The normalized spacial score (nSPS) is 20.8. The maximum atomic E-state index is 11.8. The molecule has 5 nitrogen and oxygen atoms in total. The van der Waals surface area contributed by atoms with Gasteiger partial charge >= 0.3 is 0 Å². The molecule has 1 aliphatic heterocycles. The van der Waals surface area contributed by atoms with Crippen molar-refractivity contribution < 1.29 is 13.5 Å². The van der Waals surface area contributed by atoms with Gasteiger partial charge < -0.3 is 5.11 Å². The van der Waals surface area contributed by atoms with Crippen molar-refractivity contribution in [3.8, 4) is 0 Å². The number of rotatable bonds is 3. The summed E-state index contributed by atoms with van der Waals surface area (Å²) in [4.78, 5) is 4.55. The minimum Gasteiger partial charge on any atom is -0.394 e. The van der Waals surface area contributed by atoms with Crippen molar-refractivity contribution in [1.82, 2.24) is 4.72 Å². The van der Waals surface area contributed by atoms with Gasteiger partial charge in [-0.25, -0.2) is 8.42 Å². The third-order valence-corrected chi connectivity index (χ3v) is 4.31. The molecule has 0 aliphatic carbocycles. The fraction of sp³-hybridized carbons (Fsp3) is 0.417. The Hall–Kier alpha value is -1.40. The molecule has 1 aromatic carbocycles. The molecule has 6 heteroatoms. The molecule has 1 aliphatic rings. The molecule has 0 bridgehead atoms. The fourth-order valence-corrected chi connectivity index (χ4v) is 3.04. The maximum absolute atomic E-state index is 11.8. The number of aliphatic hydroxyl groups is 1. The Morgan fingerprint density at radius 2 is 2.00 bits per heavy atom. The lowest BCUT2D eigenvalue weighted by Gasteiger charge is -2.14. The van der Waals surface area contributed by atoms with Crippen LogP contribution in [0.25, 0.3) is 0 Å². The highest BCUT2D eigenvalue weighted by atomic mass is 32.2. The Labute approximate surface area is 107 Å². The summed E-state index contributed by atoms with van der Waals surface area (Å²) >= 11 is 0. The van der Waals surface area contributed by atoms with Crippen molar-refractivity contribution in [2.45, 2.75) is 24.8 Å². The Morgan fingerprint density at radius 3 is 2.61 bits per heavy atom. The predicted molar refractivity (Wildman–Crippen MR) is 69.0 cm³/mol. The molecule has 0 fully saturated rings. The molecule has 0 radical (unpaired) electrons. The first-order valence-corrected chi connectivity index (χ1v) is 7.25. The zero-order valence-electron chi connectivity index (χ0n) is 10.3. The summed E-state index contributed by atoms with van der Waals surface area (Å²) in [6.07, 6.45) is 0. The summed E-state index contributed by atoms with van der Waals surface area (Å²) in [5.41, 5.74) is 0.566. The molecule has 98 valence electrons. The number of benzene rings is 1. The Kier molecular flexibility index (Phi) is 3.41. The third kappa shape index (κ3) is 2.26. The van der Waals surface area contributed by atoms with Crippen LogP contribution >= 0.6 is 0 Å². The van der Waals surface area contributed by atoms with E-state index in [9.17, 15) is 13.5 Å². The summed E-state index contributed by atoms with van der Waals surface area (Å²) in [6.45, 7) is 3.76. The van der Waals surface area contributed by atoms with Gasteiger partial charge in [-0.3, -0.25) is 9.71 Å². The topological polar surface area (TPSA) is 78.8 Å². The van der Waals surface area contributed by atoms with Crippen molar-refractivity contribution in [3.05, 3.63) is 29.8 Å².